The van der Waals surface area contributed by atoms with Gasteiger partial charge in [0.2, 0.25) is 21.8 Å². The predicted molar refractivity (Wildman–Crippen MR) is 106 cm³/mol. The SMILES string of the molecule is O=C1CCCN1Cc1cn(C2CN(C(=O)CCNS(=O)(=O)c3cccc(F)c3)C2)nn1. The molecule has 1 aromatic carbocycles. The Balaban J connectivity index is 1.21. The molecule has 1 aromatic heterocycles. The summed E-state index contributed by atoms with van der Waals surface area (Å²) in [6.45, 7) is 2.03. The van der Waals surface area contributed by atoms with Gasteiger partial charge in [0.15, 0.2) is 0 Å². The van der Waals surface area contributed by atoms with Gasteiger partial charge in [-0.3, -0.25) is 9.59 Å². The van der Waals surface area contributed by atoms with Crippen LogP contribution in [0, 0.1) is 5.82 Å². The first-order valence-electron chi connectivity index (χ1n) is 10.0. The van der Waals surface area contributed by atoms with E-state index in [-0.39, 0.29) is 35.7 Å². The zero-order chi connectivity index (χ0) is 22.0. The summed E-state index contributed by atoms with van der Waals surface area (Å²) in [6, 6.07) is 4.69. The topological polar surface area (TPSA) is 118 Å². The van der Waals surface area contributed by atoms with Gasteiger partial charge in [-0.1, -0.05) is 11.3 Å². The Hall–Kier alpha value is -2.86. The van der Waals surface area contributed by atoms with Crippen molar-refractivity contribution in [1.29, 1.82) is 0 Å². The molecule has 2 aliphatic rings. The minimum absolute atomic E-state index is 0.000937. The van der Waals surface area contributed by atoms with E-state index in [4.69, 9.17) is 0 Å². The van der Waals surface area contributed by atoms with Crippen molar-refractivity contribution in [3.63, 3.8) is 0 Å². The highest BCUT2D eigenvalue weighted by Gasteiger charge is 2.33. The molecule has 1 N–H and O–H groups in total. The fourth-order valence-corrected chi connectivity index (χ4v) is 4.69. The molecule has 2 saturated heterocycles. The van der Waals surface area contributed by atoms with E-state index in [1.807, 2.05) is 0 Å². The number of likely N-dealkylation sites (tertiary alicyclic amines) is 2. The maximum Gasteiger partial charge on any atom is 0.240 e. The van der Waals surface area contributed by atoms with Gasteiger partial charge in [-0.05, 0) is 24.6 Å². The lowest BCUT2D eigenvalue weighted by Gasteiger charge is -2.39. The number of carbonyl (C=O) groups excluding carboxylic acids is 2. The molecule has 0 unspecified atom stereocenters. The summed E-state index contributed by atoms with van der Waals surface area (Å²) in [5.74, 6) is -0.696. The summed E-state index contributed by atoms with van der Waals surface area (Å²) in [6.07, 6.45) is 3.24. The van der Waals surface area contributed by atoms with Gasteiger partial charge in [-0.25, -0.2) is 22.2 Å². The molecule has 12 heteroatoms. The van der Waals surface area contributed by atoms with Crippen LogP contribution in [0.25, 0.3) is 0 Å². The van der Waals surface area contributed by atoms with Crippen LogP contribution in [-0.4, -0.2) is 71.2 Å². The number of halogens is 1. The minimum Gasteiger partial charge on any atom is -0.338 e. The summed E-state index contributed by atoms with van der Waals surface area (Å²) in [7, 11) is -3.87. The number of rotatable bonds is 8. The van der Waals surface area contributed by atoms with Crippen LogP contribution in [0.4, 0.5) is 4.39 Å². The molecule has 0 bridgehead atoms. The fourth-order valence-electron chi connectivity index (χ4n) is 3.63. The quantitative estimate of drug-likeness (QED) is 0.618. The van der Waals surface area contributed by atoms with E-state index in [2.05, 4.69) is 15.0 Å². The van der Waals surface area contributed by atoms with Crippen LogP contribution in [0.2, 0.25) is 0 Å². The average Bonchev–Trinajstić information content (AvgIpc) is 3.30. The predicted octanol–water partition coefficient (Wildman–Crippen LogP) is 0.292. The normalized spacial score (nSPS) is 17.3. The van der Waals surface area contributed by atoms with E-state index in [1.165, 1.54) is 12.1 Å². The van der Waals surface area contributed by atoms with Crippen LogP contribution in [-0.2, 0) is 26.2 Å². The summed E-state index contributed by atoms with van der Waals surface area (Å²) >= 11 is 0. The van der Waals surface area contributed by atoms with Crippen molar-refractivity contribution in [3.05, 3.63) is 42.0 Å². The van der Waals surface area contributed by atoms with Gasteiger partial charge in [-0.15, -0.1) is 5.10 Å². The van der Waals surface area contributed by atoms with Crippen molar-refractivity contribution < 1.29 is 22.4 Å². The molecular formula is C19H23FN6O4S. The second-order valence-corrected chi connectivity index (χ2v) is 9.43. The second-order valence-electron chi connectivity index (χ2n) is 7.67. The van der Waals surface area contributed by atoms with Crippen molar-refractivity contribution in [1.82, 2.24) is 29.5 Å². The number of benzene rings is 1. The van der Waals surface area contributed by atoms with E-state index >= 15 is 0 Å². The van der Waals surface area contributed by atoms with Gasteiger partial charge in [0.05, 0.1) is 23.7 Å². The van der Waals surface area contributed by atoms with E-state index in [1.54, 1.807) is 20.7 Å². The molecule has 31 heavy (non-hydrogen) atoms. The molecule has 0 spiro atoms. The number of sulfonamides is 1. The molecule has 2 aromatic rings. The van der Waals surface area contributed by atoms with E-state index < -0.39 is 15.8 Å². The number of nitrogens with zero attached hydrogens (tertiary/aromatic N) is 5. The van der Waals surface area contributed by atoms with Gasteiger partial charge in [-0.2, -0.15) is 0 Å². The first-order chi connectivity index (χ1) is 14.8. The van der Waals surface area contributed by atoms with E-state index in [0.29, 0.717) is 31.7 Å². The number of amides is 2. The smallest absolute Gasteiger partial charge is 0.240 e. The molecular weight excluding hydrogens is 427 g/mol. The number of carbonyl (C=O) groups is 2. The van der Waals surface area contributed by atoms with Gasteiger partial charge in [0.25, 0.3) is 0 Å². The maximum absolute atomic E-state index is 13.2. The Morgan fingerprint density at radius 3 is 2.81 bits per heavy atom. The molecule has 10 nitrogen and oxygen atoms in total. The summed E-state index contributed by atoms with van der Waals surface area (Å²) in [5, 5.41) is 8.21. The molecule has 166 valence electrons. The molecule has 0 radical (unpaired) electrons. The first-order valence-corrected chi connectivity index (χ1v) is 11.5. The number of aromatic nitrogens is 3. The Bertz CT molecular complexity index is 1080. The summed E-state index contributed by atoms with van der Waals surface area (Å²) < 4.78 is 41.6. The Morgan fingerprint density at radius 1 is 1.29 bits per heavy atom. The average molecular weight is 450 g/mol. The van der Waals surface area contributed by atoms with Crippen LogP contribution in [0.15, 0.2) is 35.4 Å². The first kappa shape index (κ1) is 21.4. The third kappa shape index (κ3) is 4.90. The number of hydrogen-bond donors (Lipinski definition) is 1. The van der Waals surface area contributed by atoms with Gasteiger partial charge >= 0.3 is 0 Å². The third-order valence-corrected chi connectivity index (χ3v) is 6.87. The molecule has 2 aliphatic heterocycles. The van der Waals surface area contributed by atoms with Crippen LogP contribution >= 0.6 is 0 Å². The molecule has 2 amide bonds. The largest absolute Gasteiger partial charge is 0.338 e. The van der Waals surface area contributed by atoms with Crippen molar-refractivity contribution in [2.24, 2.45) is 0 Å². The van der Waals surface area contributed by atoms with Crippen LogP contribution in [0.5, 0.6) is 0 Å². The third-order valence-electron chi connectivity index (χ3n) is 5.41. The highest BCUT2D eigenvalue weighted by Crippen LogP contribution is 2.22. The lowest BCUT2D eigenvalue weighted by Crippen LogP contribution is -2.51. The van der Waals surface area contributed by atoms with Gasteiger partial charge < -0.3 is 9.80 Å². The highest BCUT2D eigenvalue weighted by atomic mass is 32.2. The van der Waals surface area contributed by atoms with Crippen LogP contribution in [0.3, 0.4) is 0 Å². The maximum atomic E-state index is 13.2. The molecule has 0 atom stereocenters. The van der Waals surface area contributed by atoms with E-state index in [9.17, 15) is 22.4 Å². The lowest BCUT2D eigenvalue weighted by atomic mass is 10.1. The second kappa shape index (κ2) is 8.71. The molecule has 2 fully saturated rings. The Labute approximate surface area is 179 Å². The van der Waals surface area contributed by atoms with Crippen molar-refractivity contribution in [2.75, 3.05) is 26.2 Å². The molecule has 4 rings (SSSR count). The number of hydrogen-bond acceptors (Lipinski definition) is 6. The highest BCUT2D eigenvalue weighted by molar-refractivity contribution is 7.89. The van der Waals surface area contributed by atoms with E-state index in [0.717, 1.165) is 25.1 Å². The van der Waals surface area contributed by atoms with Crippen LogP contribution in [0.1, 0.15) is 31.0 Å². The van der Waals surface area contributed by atoms with Crippen molar-refractivity contribution in [2.45, 2.75) is 36.7 Å². The summed E-state index contributed by atoms with van der Waals surface area (Å²) in [4.78, 5) is 27.2. The Morgan fingerprint density at radius 2 is 2.10 bits per heavy atom. The van der Waals surface area contributed by atoms with Gasteiger partial charge in [0.1, 0.15) is 11.5 Å². The zero-order valence-corrected chi connectivity index (χ0v) is 17.6. The van der Waals surface area contributed by atoms with Crippen LogP contribution < -0.4 is 4.72 Å². The van der Waals surface area contributed by atoms with Crippen molar-refractivity contribution >= 4 is 21.8 Å². The molecule has 0 aliphatic carbocycles. The molecule has 0 saturated carbocycles. The zero-order valence-electron chi connectivity index (χ0n) is 16.8. The summed E-state index contributed by atoms with van der Waals surface area (Å²) in [5.41, 5.74) is 0.715. The Kier molecular flexibility index (Phi) is 6.01. The van der Waals surface area contributed by atoms with Gasteiger partial charge in [0, 0.05) is 39.0 Å². The van der Waals surface area contributed by atoms with Crippen molar-refractivity contribution in [3.8, 4) is 0 Å². The monoisotopic (exact) mass is 450 g/mol. The number of nitrogens with one attached hydrogen (secondary N) is 1. The fraction of sp³-hybridized carbons (Fsp3) is 0.474. The standard InChI is InChI=1S/C19H23FN6O4S/c20-14-3-1-4-17(9-14)31(29,30)21-7-6-19(28)25-12-16(13-25)26-11-15(22-23-26)10-24-8-2-5-18(24)27/h1,3-4,9,11,16,21H,2,5-8,10,12-13H2. The minimum atomic E-state index is -3.87. The molecule has 3 heterocycles. The lowest BCUT2D eigenvalue weighted by molar-refractivity contribution is -0.137.